The van der Waals surface area contributed by atoms with Gasteiger partial charge in [0.1, 0.15) is 6.04 Å². The maximum Gasteiger partial charge on any atom is 0.326 e. The first kappa shape index (κ1) is 14.0. The van der Waals surface area contributed by atoms with Crippen molar-refractivity contribution in [1.82, 2.24) is 5.32 Å². The first-order chi connectivity index (χ1) is 8.00. The summed E-state index contributed by atoms with van der Waals surface area (Å²) in [5, 5.41) is 11.5. The first-order valence-corrected chi connectivity index (χ1v) is 6.10. The molecule has 0 aromatic heterocycles. The molecular weight excluding hydrogens is 222 g/mol. The molecule has 1 amide bonds. The highest BCUT2D eigenvalue weighted by Gasteiger charge is 2.24. The fourth-order valence-electron chi connectivity index (χ4n) is 1.91. The van der Waals surface area contributed by atoms with Crippen LogP contribution in [0, 0.1) is 11.8 Å². The summed E-state index contributed by atoms with van der Waals surface area (Å²) in [5.41, 5.74) is 0. The summed E-state index contributed by atoms with van der Waals surface area (Å²) in [6.07, 6.45) is 2.15. The maximum atomic E-state index is 11.6. The van der Waals surface area contributed by atoms with Gasteiger partial charge < -0.3 is 15.2 Å². The quantitative estimate of drug-likeness (QED) is 0.730. The molecule has 1 fully saturated rings. The van der Waals surface area contributed by atoms with Crippen molar-refractivity contribution in [3.8, 4) is 0 Å². The van der Waals surface area contributed by atoms with Crippen LogP contribution in [-0.4, -0.2) is 36.2 Å². The Morgan fingerprint density at radius 2 is 2.18 bits per heavy atom. The van der Waals surface area contributed by atoms with Crippen molar-refractivity contribution >= 4 is 11.9 Å². The number of nitrogens with one attached hydrogen (secondary N) is 1. The third-order valence-electron chi connectivity index (χ3n) is 3.05. The molecule has 1 heterocycles. The maximum absolute atomic E-state index is 11.6. The third kappa shape index (κ3) is 4.73. The topological polar surface area (TPSA) is 75.6 Å². The van der Waals surface area contributed by atoms with E-state index in [-0.39, 0.29) is 11.8 Å². The van der Waals surface area contributed by atoms with E-state index < -0.39 is 12.0 Å². The van der Waals surface area contributed by atoms with Crippen LogP contribution >= 0.6 is 0 Å². The number of amides is 1. The van der Waals surface area contributed by atoms with Crippen LogP contribution in [0.2, 0.25) is 0 Å². The van der Waals surface area contributed by atoms with E-state index >= 15 is 0 Å². The van der Waals surface area contributed by atoms with Gasteiger partial charge in [-0.1, -0.05) is 13.8 Å². The Labute approximate surface area is 102 Å². The van der Waals surface area contributed by atoms with Gasteiger partial charge >= 0.3 is 5.97 Å². The van der Waals surface area contributed by atoms with Crippen molar-refractivity contribution in [3.05, 3.63) is 0 Å². The second-order valence-electron chi connectivity index (χ2n) is 4.90. The standard InChI is InChI=1S/C12H21NO4/c1-8(2)11(12(15)16)13-10(14)4-3-9-5-6-17-7-9/h8-9,11H,3-7H2,1-2H3,(H,13,14)(H,15,16)/t9?,11-/m1/s1. The molecule has 5 heteroatoms. The van der Waals surface area contributed by atoms with Gasteiger partial charge in [-0.15, -0.1) is 0 Å². The van der Waals surface area contributed by atoms with Gasteiger partial charge in [-0.2, -0.15) is 0 Å². The van der Waals surface area contributed by atoms with Crippen molar-refractivity contribution in [2.24, 2.45) is 11.8 Å². The van der Waals surface area contributed by atoms with Gasteiger partial charge in [0.05, 0.1) is 0 Å². The van der Waals surface area contributed by atoms with Gasteiger partial charge in [-0.3, -0.25) is 4.79 Å². The largest absolute Gasteiger partial charge is 0.480 e. The normalized spacial score (nSPS) is 21.5. The summed E-state index contributed by atoms with van der Waals surface area (Å²) in [4.78, 5) is 22.5. The Bertz CT molecular complexity index is 272. The van der Waals surface area contributed by atoms with E-state index in [1.807, 2.05) is 0 Å². The number of hydrogen-bond donors (Lipinski definition) is 2. The first-order valence-electron chi connectivity index (χ1n) is 6.10. The van der Waals surface area contributed by atoms with Crippen LogP contribution in [0.1, 0.15) is 33.1 Å². The number of aliphatic carboxylic acids is 1. The number of ether oxygens (including phenoxy) is 1. The van der Waals surface area contributed by atoms with Crippen LogP contribution in [0.4, 0.5) is 0 Å². The molecule has 0 aromatic carbocycles. The van der Waals surface area contributed by atoms with E-state index in [9.17, 15) is 9.59 Å². The molecule has 1 saturated heterocycles. The Morgan fingerprint density at radius 1 is 1.47 bits per heavy atom. The minimum absolute atomic E-state index is 0.105. The highest BCUT2D eigenvalue weighted by Crippen LogP contribution is 2.17. The van der Waals surface area contributed by atoms with Crippen LogP contribution in [0.3, 0.4) is 0 Å². The Hall–Kier alpha value is -1.10. The number of carboxylic acids is 1. The number of carbonyl (C=O) groups excluding carboxylic acids is 1. The van der Waals surface area contributed by atoms with Gasteiger partial charge in [0.25, 0.3) is 0 Å². The predicted molar refractivity (Wildman–Crippen MR) is 62.6 cm³/mol. The molecule has 0 radical (unpaired) electrons. The molecule has 0 aliphatic carbocycles. The van der Waals surface area contributed by atoms with E-state index in [1.54, 1.807) is 13.8 Å². The molecule has 98 valence electrons. The fraction of sp³-hybridized carbons (Fsp3) is 0.833. The molecule has 2 N–H and O–H groups in total. The summed E-state index contributed by atoms with van der Waals surface area (Å²) in [7, 11) is 0. The number of carboxylic acid groups (broad SMARTS) is 1. The van der Waals surface area contributed by atoms with Crippen LogP contribution in [-0.2, 0) is 14.3 Å². The number of hydrogen-bond acceptors (Lipinski definition) is 3. The monoisotopic (exact) mass is 243 g/mol. The lowest BCUT2D eigenvalue weighted by molar-refractivity contribution is -0.143. The van der Waals surface area contributed by atoms with Gasteiger partial charge in [0, 0.05) is 19.6 Å². The van der Waals surface area contributed by atoms with Gasteiger partial charge in [-0.25, -0.2) is 4.79 Å². The highest BCUT2D eigenvalue weighted by molar-refractivity contribution is 5.83. The molecule has 1 unspecified atom stereocenters. The molecule has 5 nitrogen and oxygen atoms in total. The van der Waals surface area contributed by atoms with Crippen molar-refractivity contribution < 1.29 is 19.4 Å². The van der Waals surface area contributed by atoms with E-state index in [1.165, 1.54) is 0 Å². The average molecular weight is 243 g/mol. The van der Waals surface area contributed by atoms with Crippen LogP contribution in [0.25, 0.3) is 0 Å². The Morgan fingerprint density at radius 3 is 2.65 bits per heavy atom. The van der Waals surface area contributed by atoms with E-state index in [4.69, 9.17) is 9.84 Å². The lowest BCUT2D eigenvalue weighted by Gasteiger charge is -2.18. The van der Waals surface area contributed by atoms with Crippen LogP contribution in [0.15, 0.2) is 0 Å². The van der Waals surface area contributed by atoms with Crippen molar-refractivity contribution in [2.45, 2.75) is 39.2 Å². The Kier molecular flexibility index (Phi) is 5.41. The smallest absolute Gasteiger partial charge is 0.326 e. The second kappa shape index (κ2) is 6.59. The third-order valence-corrected chi connectivity index (χ3v) is 3.05. The molecule has 2 atom stereocenters. The average Bonchev–Trinajstić information content (AvgIpc) is 2.74. The number of rotatable bonds is 6. The predicted octanol–water partition coefficient (Wildman–Crippen LogP) is 1.03. The SMILES string of the molecule is CC(C)[C@@H](NC(=O)CCC1CCOC1)C(=O)O. The minimum Gasteiger partial charge on any atom is -0.480 e. The van der Waals surface area contributed by atoms with E-state index in [0.717, 1.165) is 26.1 Å². The minimum atomic E-state index is -0.974. The van der Waals surface area contributed by atoms with Gasteiger partial charge in [0.15, 0.2) is 0 Å². The molecule has 1 aliphatic rings. The number of carbonyl (C=O) groups is 2. The van der Waals surface area contributed by atoms with Crippen LogP contribution < -0.4 is 5.32 Å². The fourth-order valence-corrected chi connectivity index (χ4v) is 1.91. The van der Waals surface area contributed by atoms with Crippen molar-refractivity contribution in [2.75, 3.05) is 13.2 Å². The zero-order valence-electron chi connectivity index (χ0n) is 10.4. The summed E-state index contributed by atoms with van der Waals surface area (Å²) < 4.78 is 5.22. The van der Waals surface area contributed by atoms with Crippen molar-refractivity contribution in [1.29, 1.82) is 0 Å². The Balaban J connectivity index is 2.29. The molecule has 0 saturated carbocycles. The molecular formula is C12H21NO4. The molecule has 17 heavy (non-hydrogen) atoms. The van der Waals surface area contributed by atoms with Crippen molar-refractivity contribution in [3.63, 3.8) is 0 Å². The molecule has 1 aliphatic heterocycles. The lowest BCUT2D eigenvalue weighted by Crippen LogP contribution is -2.44. The zero-order valence-corrected chi connectivity index (χ0v) is 10.4. The van der Waals surface area contributed by atoms with Crippen LogP contribution in [0.5, 0.6) is 0 Å². The second-order valence-corrected chi connectivity index (χ2v) is 4.90. The lowest BCUT2D eigenvalue weighted by atomic mass is 10.0. The van der Waals surface area contributed by atoms with Gasteiger partial charge in [0.2, 0.25) is 5.91 Å². The highest BCUT2D eigenvalue weighted by atomic mass is 16.5. The summed E-state index contributed by atoms with van der Waals surface area (Å²) in [6, 6.07) is -0.790. The molecule has 0 spiro atoms. The summed E-state index contributed by atoms with van der Waals surface area (Å²) in [5.74, 6) is -0.815. The summed E-state index contributed by atoms with van der Waals surface area (Å²) in [6.45, 7) is 5.06. The molecule has 0 aromatic rings. The molecule has 1 rings (SSSR count). The molecule has 0 bridgehead atoms. The van der Waals surface area contributed by atoms with E-state index in [2.05, 4.69) is 5.32 Å². The van der Waals surface area contributed by atoms with E-state index in [0.29, 0.717) is 12.3 Å². The zero-order chi connectivity index (χ0) is 12.8. The van der Waals surface area contributed by atoms with Gasteiger partial charge in [-0.05, 0) is 24.7 Å². The summed E-state index contributed by atoms with van der Waals surface area (Å²) >= 11 is 0.